The molecule has 0 aromatic rings. The van der Waals surface area contributed by atoms with E-state index in [2.05, 4.69) is 0 Å². The molecule has 1 saturated heterocycles. The number of aliphatic hydroxyl groups excluding tert-OH is 4. The second-order valence-corrected chi connectivity index (χ2v) is 4.31. The van der Waals surface area contributed by atoms with E-state index in [1.54, 1.807) is 6.08 Å². The molecule has 1 heterocycles. The molecular formula is C11H20O6. The first-order valence-electron chi connectivity index (χ1n) is 5.53. The minimum atomic E-state index is -1.39. The molecule has 0 aliphatic carbocycles. The van der Waals surface area contributed by atoms with Crippen LogP contribution in [0, 0.1) is 0 Å². The van der Waals surface area contributed by atoms with Crippen LogP contribution in [0.2, 0.25) is 0 Å². The number of rotatable bonds is 4. The Kier molecular flexibility index (Phi) is 5.51. The largest absolute Gasteiger partial charge is 0.394 e. The molecule has 17 heavy (non-hydrogen) atoms. The van der Waals surface area contributed by atoms with Crippen LogP contribution in [-0.2, 0) is 9.47 Å². The van der Waals surface area contributed by atoms with Gasteiger partial charge < -0.3 is 29.9 Å². The van der Waals surface area contributed by atoms with Crippen LogP contribution in [-0.4, -0.2) is 64.3 Å². The quantitative estimate of drug-likeness (QED) is 0.465. The maximum Gasteiger partial charge on any atom is 0.187 e. The van der Waals surface area contributed by atoms with Crippen molar-refractivity contribution in [2.75, 3.05) is 13.2 Å². The van der Waals surface area contributed by atoms with Crippen molar-refractivity contribution in [3.63, 3.8) is 0 Å². The van der Waals surface area contributed by atoms with Crippen LogP contribution in [0.5, 0.6) is 0 Å². The molecule has 0 saturated carbocycles. The Balaban J connectivity index is 2.56. The summed E-state index contributed by atoms with van der Waals surface area (Å²) in [6, 6.07) is 0. The van der Waals surface area contributed by atoms with Gasteiger partial charge in [0.2, 0.25) is 0 Å². The van der Waals surface area contributed by atoms with Gasteiger partial charge in [0.15, 0.2) is 6.29 Å². The summed E-state index contributed by atoms with van der Waals surface area (Å²) in [4.78, 5) is 0. The number of hydrogen-bond acceptors (Lipinski definition) is 6. The second kappa shape index (κ2) is 6.44. The monoisotopic (exact) mass is 248 g/mol. The van der Waals surface area contributed by atoms with E-state index in [1.807, 2.05) is 13.8 Å². The molecule has 0 spiro atoms. The predicted octanol–water partition coefficient (Wildman–Crippen LogP) is -1.23. The fourth-order valence-corrected chi connectivity index (χ4v) is 1.51. The molecule has 6 nitrogen and oxygen atoms in total. The summed E-state index contributed by atoms with van der Waals surface area (Å²) in [6.07, 6.45) is -4.26. The molecule has 4 N–H and O–H groups in total. The van der Waals surface area contributed by atoms with E-state index >= 15 is 0 Å². The molecule has 1 fully saturated rings. The summed E-state index contributed by atoms with van der Waals surface area (Å²) in [5.74, 6) is 0. The topological polar surface area (TPSA) is 99.4 Å². The first-order valence-corrected chi connectivity index (χ1v) is 5.53. The van der Waals surface area contributed by atoms with Crippen molar-refractivity contribution >= 4 is 0 Å². The van der Waals surface area contributed by atoms with Crippen LogP contribution < -0.4 is 0 Å². The molecule has 0 amide bonds. The number of allylic oxidation sites excluding steroid dienone is 1. The van der Waals surface area contributed by atoms with Gasteiger partial charge >= 0.3 is 0 Å². The van der Waals surface area contributed by atoms with Crippen molar-refractivity contribution < 1.29 is 29.9 Å². The lowest BCUT2D eigenvalue weighted by Crippen LogP contribution is -2.59. The molecule has 0 radical (unpaired) electrons. The molecule has 1 aliphatic rings. The zero-order valence-corrected chi connectivity index (χ0v) is 9.98. The highest BCUT2D eigenvalue weighted by atomic mass is 16.7. The minimum Gasteiger partial charge on any atom is -0.394 e. The molecule has 100 valence electrons. The van der Waals surface area contributed by atoms with Crippen LogP contribution in [0.3, 0.4) is 0 Å². The van der Waals surface area contributed by atoms with Crippen molar-refractivity contribution in [2.45, 2.75) is 44.6 Å². The fraction of sp³-hybridized carbons (Fsp3) is 0.818. The zero-order valence-electron chi connectivity index (χ0n) is 9.98. The molecular weight excluding hydrogens is 228 g/mol. The SMILES string of the molecule is CC(C)=CCO[C@@H]1O[C@H](CO)[C@@H](O)[C@H](O)[C@H]1O. The van der Waals surface area contributed by atoms with E-state index < -0.39 is 37.3 Å². The van der Waals surface area contributed by atoms with Gasteiger partial charge in [0.05, 0.1) is 13.2 Å². The van der Waals surface area contributed by atoms with Crippen LogP contribution in [0.25, 0.3) is 0 Å². The third kappa shape index (κ3) is 3.74. The van der Waals surface area contributed by atoms with E-state index in [0.29, 0.717) is 0 Å². The Morgan fingerprint density at radius 2 is 1.82 bits per heavy atom. The lowest BCUT2D eigenvalue weighted by atomic mass is 9.99. The van der Waals surface area contributed by atoms with Gasteiger partial charge in [-0.2, -0.15) is 0 Å². The van der Waals surface area contributed by atoms with Crippen molar-refractivity contribution in [3.8, 4) is 0 Å². The molecule has 1 rings (SSSR count). The zero-order chi connectivity index (χ0) is 13.0. The first-order chi connectivity index (χ1) is 7.97. The maximum absolute atomic E-state index is 9.62. The summed E-state index contributed by atoms with van der Waals surface area (Å²) < 4.78 is 10.4. The van der Waals surface area contributed by atoms with E-state index in [-0.39, 0.29) is 6.61 Å². The molecule has 5 atom stereocenters. The van der Waals surface area contributed by atoms with E-state index in [9.17, 15) is 15.3 Å². The van der Waals surface area contributed by atoms with Gasteiger partial charge in [-0.3, -0.25) is 0 Å². The third-order valence-corrected chi connectivity index (χ3v) is 2.60. The van der Waals surface area contributed by atoms with E-state index in [0.717, 1.165) is 5.57 Å². The Morgan fingerprint density at radius 1 is 1.18 bits per heavy atom. The lowest BCUT2D eigenvalue weighted by Gasteiger charge is -2.39. The third-order valence-electron chi connectivity index (χ3n) is 2.60. The number of hydrogen-bond donors (Lipinski definition) is 4. The minimum absolute atomic E-state index is 0.227. The Morgan fingerprint density at radius 3 is 2.35 bits per heavy atom. The standard InChI is InChI=1S/C11H20O6/c1-6(2)3-4-16-11-10(15)9(14)8(13)7(5-12)17-11/h3,7-15H,4-5H2,1-2H3/t7-,8-,9+,10-,11-/m1/s1. The van der Waals surface area contributed by atoms with E-state index in [1.165, 1.54) is 0 Å². The smallest absolute Gasteiger partial charge is 0.187 e. The number of ether oxygens (including phenoxy) is 2. The predicted molar refractivity (Wildman–Crippen MR) is 59.2 cm³/mol. The van der Waals surface area contributed by atoms with Crippen molar-refractivity contribution in [1.82, 2.24) is 0 Å². The summed E-state index contributed by atoms with van der Waals surface area (Å²) in [7, 11) is 0. The average molecular weight is 248 g/mol. The van der Waals surface area contributed by atoms with Crippen molar-refractivity contribution in [1.29, 1.82) is 0 Å². The molecule has 0 unspecified atom stereocenters. The molecule has 0 aromatic heterocycles. The second-order valence-electron chi connectivity index (χ2n) is 4.31. The highest BCUT2D eigenvalue weighted by Gasteiger charge is 2.43. The average Bonchev–Trinajstić information content (AvgIpc) is 2.29. The number of aliphatic hydroxyl groups is 4. The highest BCUT2D eigenvalue weighted by molar-refractivity contribution is 4.94. The van der Waals surface area contributed by atoms with Crippen LogP contribution in [0.4, 0.5) is 0 Å². The van der Waals surface area contributed by atoms with Gasteiger partial charge in [-0.05, 0) is 13.8 Å². The summed E-state index contributed by atoms with van der Waals surface area (Å²) >= 11 is 0. The normalized spacial score (nSPS) is 37.9. The first kappa shape index (κ1) is 14.6. The van der Waals surface area contributed by atoms with Gasteiger partial charge in [-0.1, -0.05) is 11.6 Å². The maximum atomic E-state index is 9.62. The van der Waals surface area contributed by atoms with Crippen LogP contribution in [0.15, 0.2) is 11.6 Å². The molecule has 6 heteroatoms. The van der Waals surface area contributed by atoms with Crippen molar-refractivity contribution in [2.24, 2.45) is 0 Å². The summed E-state index contributed by atoms with van der Waals surface area (Å²) in [6.45, 7) is 3.58. The lowest BCUT2D eigenvalue weighted by molar-refractivity contribution is -0.298. The summed E-state index contributed by atoms with van der Waals surface area (Å²) in [5.41, 5.74) is 1.05. The van der Waals surface area contributed by atoms with Gasteiger partial charge in [0, 0.05) is 0 Å². The van der Waals surface area contributed by atoms with E-state index in [4.69, 9.17) is 14.6 Å². The molecule has 0 bridgehead atoms. The van der Waals surface area contributed by atoms with Crippen LogP contribution >= 0.6 is 0 Å². The molecule has 0 aromatic carbocycles. The molecule has 1 aliphatic heterocycles. The van der Waals surface area contributed by atoms with Crippen molar-refractivity contribution in [3.05, 3.63) is 11.6 Å². The Labute approximate surface area is 100 Å². The summed E-state index contributed by atoms with van der Waals surface area (Å²) in [5, 5.41) is 37.6. The van der Waals surface area contributed by atoms with Gasteiger partial charge in [0.25, 0.3) is 0 Å². The highest BCUT2D eigenvalue weighted by Crippen LogP contribution is 2.21. The Hall–Kier alpha value is -0.500. The van der Waals surface area contributed by atoms with Gasteiger partial charge in [0.1, 0.15) is 24.4 Å². The van der Waals surface area contributed by atoms with Gasteiger partial charge in [-0.15, -0.1) is 0 Å². The fourth-order valence-electron chi connectivity index (χ4n) is 1.51. The van der Waals surface area contributed by atoms with Crippen LogP contribution in [0.1, 0.15) is 13.8 Å². The Bertz CT molecular complexity index is 261. The van der Waals surface area contributed by atoms with Gasteiger partial charge in [-0.25, -0.2) is 0 Å².